The van der Waals surface area contributed by atoms with E-state index in [1.54, 1.807) is 18.2 Å². The Bertz CT molecular complexity index is 273. The Morgan fingerprint density at radius 1 is 1.38 bits per heavy atom. The molecule has 1 N–H and O–H groups in total. The van der Waals surface area contributed by atoms with Crippen LogP contribution in [0.3, 0.4) is 0 Å². The van der Waals surface area contributed by atoms with Gasteiger partial charge in [0.05, 0.1) is 12.5 Å². The molecule has 1 nitrogen and oxygen atoms in total. The molecule has 0 saturated carbocycles. The van der Waals surface area contributed by atoms with Crippen molar-refractivity contribution in [2.45, 2.75) is 19.3 Å². The Kier molecular flexibility index (Phi) is 3.37. The number of aryl methyl sites for hydroxylation is 1. The molecule has 1 unspecified atom stereocenters. The maximum Gasteiger partial charge on any atom is 0.247 e. The molecule has 0 amide bonds. The Morgan fingerprint density at radius 3 is 2.54 bits per heavy atom. The number of halogens is 2. The van der Waals surface area contributed by atoms with Crippen molar-refractivity contribution in [3.05, 3.63) is 35.4 Å². The quantitative estimate of drug-likeness (QED) is 0.768. The lowest BCUT2D eigenvalue weighted by atomic mass is 9.99. The predicted octanol–water partition coefficient (Wildman–Crippen LogP) is 2.34. The maximum absolute atomic E-state index is 12.4. The van der Waals surface area contributed by atoms with Crippen molar-refractivity contribution >= 4 is 0 Å². The molecular weight excluding hydrogens is 174 g/mol. The van der Waals surface area contributed by atoms with Gasteiger partial charge in [0.15, 0.2) is 0 Å². The molecule has 0 aliphatic rings. The fraction of sp³-hybridized carbons (Fsp3) is 0.400. The van der Waals surface area contributed by atoms with E-state index in [-0.39, 0.29) is 0 Å². The lowest BCUT2D eigenvalue weighted by Crippen LogP contribution is -2.13. The fourth-order valence-corrected chi connectivity index (χ4v) is 1.23. The number of hydrogen-bond donors (Lipinski definition) is 1. The molecular formula is C10H12F2O. The highest BCUT2D eigenvalue weighted by atomic mass is 19.3. The number of aliphatic hydroxyl groups is 1. The van der Waals surface area contributed by atoms with Gasteiger partial charge in [-0.05, 0) is 12.5 Å². The van der Waals surface area contributed by atoms with Crippen LogP contribution in [0.2, 0.25) is 0 Å². The zero-order chi connectivity index (χ0) is 9.84. The largest absolute Gasteiger partial charge is 0.396 e. The van der Waals surface area contributed by atoms with E-state index in [0.717, 1.165) is 5.56 Å². The summed E-state index contributed by atoms with van der Waals surface area (Å²) in [5, 5.41) is 8.76. The van der Waals surface area contributed by atoms with Crippen molar-refractivity contribution in [2.24, 2.45) is 0 Å². The molecule has 1 atom stereocenters. The zero-order valence-corrected chi connectivity index (χ0v) is 7.37. The van der Waals surface area contributed by atoms with Gasteiger partial charge in [-0.25, -0.2) is 8.78 Å². The summed E-state index contributed by atoms with van der Waals surface area (Å²) in [6.45, 7) is 1.32. The Labute approximate surface area is 76.0 Å². The Hall–Kier alpha value is -0.960. The smallest absolute Gasteiger partial charge is 0.247 e. The molecule has 0 saturated heterocycles. The molecule has 0 radical (unpaired) electrons. The summed E-state index contributed by atoms with van der Waals surface area (Å²) < 4.78 is 24.7. The van der Waals surface area contributed by atoms with E-state index < -0.39 is 19.0 Å². The van der Waals surface area contributed by atoms with E-state index in [0.29, 0.717) is 5.56 Å². The third kappa shape index (κ3) is 2.49. The first-order valence-corrected chi connectivity index (χ1v) is 4.10. The van der Waals surface area contributed by atoms with Gasteiger partial charge in [-0.3, -0.25) is 0 Å². The van der Waals surface area contributed by atoms with Gasteiger partial charge in [0.2, 0.25) is 6.43 Å². The maximum atomic E-state index is 12.4. The Morgan fingerprint density at radius 2 is 2.08 bits per heavy atom. The SMILES string of the molecule is Cc1cccc(C(CO)C(F)F)c1. The lowest BCUT2D eigenvalue weighted by molar-refractivity contribution is 0.0810. The van der Waals surface area contributed by atoms with Crippen LogP contribution in [0.4, 0.5) is 8.78 Å². The summed E-state index contributed by atoms with van der Waals surface area (Å²) in [6, 6.07) is 6.84. The predicted molar refractivity (Wildman–Crippen MR) is 47.0 cm³/mol. The molecule has 0 aliphatic heterocycles. The van der Waals surface area contributed by atoms with Crippen molar-refractivity contribution in [1.82, 2.24) is 0 Å². The van der Waals surface area contributed by atoms with E-state index in [1.807, 2.05) is 13.0 Å². The van der Waals surface area contributed by atoms with Crippen LogP contribution < -0.4 is 0 Å². The Balaban J connectivity index is 2.91. The first kappa shape index (κ1) is 10.1. The third-order valence-electron chi connectivity index (χ3n) is 1.97. The van der Waals surface area contributed by atoms with Crippen LogP contribution in [0, 0.1) is 6.92 Å². The van der Waals surface area contributed by atoms with E-state index >= 15 is 0 Å². The number of aliphatic hydroxyl groups excluding tert-OH is 1. The fourth-order valence-electron chi connectivity index (χ4n) is 1.23. The number of alkyl halides is 2. The van der Waals surface area contributed by atoms with Gasteiger partial charge < -0.3 is 5.11 Å². The minimum atomic E-state index is -2.51. The molecule has 3 heteroatoms. The van der Waals surface area contributed by atoms with Crippen LogP contribution >= 0.6 is 0 Å². The summed E-state index contributed by atoms with van der Waals surface area (Å²) in [7, 11) is 0. The van der Waals surface area contributed by atoms with Crippen LogP contribution in [0.15, 0.2) is 24.3 Å². The number of benzene rings is 1. The highest BCUT2D eigenvalue weighted by Crippen LogP contribution is 2.23. The first-order chi connectivity index (χ1) is 6.15. The van der Waals surface area contributed by atoms with Crippen LogP contribution in [0.5, 0.6) is 0 Å². The van der Waals surface area contributed by atoms with E-state index in [9.17, 15) is 8.78 Å². The summed E-state index contributed by atoms with van der Waals surface area (Å²) in [4.78, 5) is 0. The van der Waals surface area contributed by atoms with Crippen LogP contribution in [-0.2, 0) is 0 Å². The molecule has 1 rings (SSSR count). The number of rotatable bonds is 3. The highest BCUT2D eigenvalue weighted by molar-refractivity contribution is 5.25. The molecule has 1 aromatic carbocycles. The molecule has 0 heterocycles. The number of hydrogen-bond acceptors (Lipinski definition) is 1. The molecule has 0 spiro atoms. The van der Waals surface area contributed by atoms with Crippen molar-refractivity contribution < 1.29 is 13.9 Å². The third-order valence-corrected chi connectivity index (χ3v) is 1.97. The monoisotopic (exact) mass is 186 g/mol. The minimum Gasteiger partial charge on any atom is -0.396 e. The van der Waals surface area contributed by atoms with Gasteiger partial charge in [0, 0.05) is 0 Å². The van der Waals surface area contributed by atoms with Crippen molar-refractivity contribution in [1.29, 1.82) is 0 Å². The summed E-state index contributed by atoms with van der Waals surface area (Å²) >= 11 is 0. The average molecular weight is 186 g/mol. The minimum absolute atomic E-state index is 0.498. The molecule has 72 valence electrons. The van der Waals surface area contributed by atoms with E-state index in [4.69, 9.17) is 5.11 Å². The van der Waals surface area contributed by atoms with Crippen LogP contribution in [0.25, 0.3) is 0 Å². The van der Waals surface area contributed by atoms with Gasteiger partial charge in [-0.1, -0.05) is 29.8 Å². The second kappa shape index (κ2) is 4.33. The van der Waals surface area contributed by atoms with Gasteiger partial charge in [-0.2, -0.15) is 0 Å². The second-order valence-electron chi connectivity index (χ2n) is 3.04. The van der Waals surface area contributed by atoms with Crippen molar-refractivity contribution in [3.8, 4) is 0 Å². The van der Waals surface area contributed by atoms with Gasteiger partial charge >= 0.3 is 0 Å². The van der Waals surface area contributed by atoms with Gasteiger partial charge in [-0.15, -0.1) is 0 Å². The molecule has 1 aromatic rings. The van der Waals surface area contributed by atoms with Gasteiger partial charge in [0.25, 0.3) is 0 Å². The van der Waals surface area contributed by atoms with Crippen molar-refractivity contribution in [2.75, 3.05) is 6.61 Å². The second-order valence-corrected chi connectivity index (χ2v) is 3.04. The molecule has 13 heavy (non-hydrogen) atoms. The lowest BCUT2D eigenvalue weighted by Gasteiger charge is -2.13. The highest BCUT2D eigenvalue weighted by Gasteiger charge is 2.21. The van der Waals surface area contributed by atoms with E-state index in [1.165, 1.54) is 0 Å². The van der Waals surface area contributed by atoms with Crippen molar-refractivity contribution in [3.63, 3.8) is 0 Å². The first-order valence-electron chi connectivity index (χ1n) is 4.10. The van der Waals surface area contributed by atoms with Gasteiger partial charge in [0.1, 0.15) is 0 Å². The summed E-state index contributed by atoms with van der Waals surface area (Å²) in [6.07, 6.45) is -2.51. The normalized spacial score (nSPS) is 13.3. The molecule has 0 aromatic heterocycles. The average Bonchev–Trinajstić information content (AvgIpc) is 2.04. The van der Waals surface area contributed by atoms with Crippen LogP contribution in [-0.4, -0.2) is 18.1 Å². The topological polar surface area (TPSA) is 20.2 Å². The molecule has 0 bridgehead atoms. The standard InChI is InChI=1S/C10H12F2O/c1-7-3-2-4-8(5-7)9(6-13)10(11)12/h2-5,9-10,13H,6H2,1H3. The zero-order valence-electron chi connectivity index (χ0n) is 7.37. The molecule has 0 aliphatic carbocycles. The molecule has 0 fully saturated rings. The summed E-state index contributed by atoms with van der Waals surface area (Å²) in [5.41, 5.74) is 1.43. The van der Waals surface area contributed by atoms with E-state index in [2.05, 4.69) is 0 Å². The van der Waals surface area contributed by atoms with Crippen LogP contribution in [0.1, 0.15) is 17.0 Å². The summed E-state index contributed by atoms with van der Waals surface area (Å²) in [5.74, 6) is -1.06.